The van der Waals surface area contributed by atoms with E-state index in [4.69, 9.17) is 21.6 Å². The quantitative estimate of drug-likeness (QED) is 0.584. The molecule has 0 unspecified atom stereocenters. The molecule has 0 spiro atoms. The SMILES string of the molecule is CCN1CCN(c2nc(-c3ccccc3)nc3c2CN(C(=O)c2cccc(Cl)c2)CC3)CC1. The van der Waals surface area contributed by atoms with Crippen LogP contribution in [0.3, 0.4) is 0 Å². The Morgan fingerprint density at radius 1 is 0.970 bits per heavy atom. The molecule has 2 aliphatic heterocycles. The molecule has 0 saturated carbocycles. The van der Waals surface area contributed by atoms with Gasteiger partial charge >= 0.3 is 0 Å². The van der Waals surface area contributed by atoms with E-state index in [1.54, 1.807) is 12.1 Å². The average molecular weight is 462 g/mol. The first kappa shape index (κ1) is 21.9. The highest BCUT2D eigenvalue weighted by Gasteiger charge is 2.29. The Morgan fingerprint density at radius 2 is 1.76 bits per heavy atom. The number of anilines is 1. The van der Waals surface area contributed by atoms with Gasteiger partial charge in [0.25, 0.3) is 5.91 Å². The normalized spacial score (nSPS) is 16.5. The van der Waals surface area contributed by atoms with Crippen LogP contribution < -0.4 is 4.90 Å². The summed E-state index contributed by atoms with van der Waals surface area (Å²) in [5, 5.41) is 0.573. The molecule has 0 bridgehead atoms. The van der Waals surface area contributed by atoms with Crippen LogP contribution in [0.5, 0.6) is 0 Å². The van der Waals surface area contributed by atoms with Crippen LogP contribution in [-0.4, -0.2) is 64.9 Å². The third-order valence-electron chi connectivity index (χ3n) is 6.55. The topological polar surface area (TPSA) is 52.6 Å². The van der Waals surface area contributed by atoms with Crippen LogP contribution in [0.1, 0.15) is 28.5 Å². The van der Waals surface area contributed by atoms with Crippen LogP contribution in [-0.2, 0) is 13.0 Å². The van der Waals surface area contributed by atoms with Gasteiger partial charge in [-0.05, 0) is 24.7 Å². The summed E-state index contributed by atoms with van der Waals surface area (Å²) in [4.78, 5) is 29.9. The monoisotopic (exact) mass is 461 g/mol. The van der Waals surface area contributed by atoms with Crippen molar-refractivity contribution in [1.82, 2.24) is 19.8 Å². The van der Waals surface area contributed by atoms with Gasteiger partial charge in [0.15, 0.2) is 5.82 Å². The van der Waals surface area contributed by atoms with Gasteiger partial charge in [-0.3, -0.25) is 4.79 Å². The highest BCUT2D eigenvalue weighted by Crippen LogP contribution is 2.31. The summed E-state index contributed by atoms with van der Waals surface area (Å²) in [6, 6.07) is 17.3. The van der Waals surface area contributed by atoms with E-state index >= 15 is 0 Å². The molecule has 6 nitrogen and oxygen atoms in total. The van der Waals surface area contributed by atoms with Gasteiger partial charge in [-0.2, -0.15) is 0 Å². The zero-order valence-corrected chi connectivity index (χ0v) is 19.6. The summed E-state index contributed by atoms with van der Waals surface area (Å²) in [5.74, 6) is 1.73. The van der Waals surface area contributed by atoms with Crippen molar-refractivity contribution in [1.29, 1.82) is 0 Å². The standard InChI is InChI=1S/C26H28ClN5O/c1-2-30-13-15-31(16-14-30)25-22-18-32(26(33)20-9-6-10-21(27)17-20)12-11-23(22)28-24(29-25)19-7-4-3-5-8-19/h3-10,17H,2,11-16,18H2,1H3. The number of benzene rings is 2. The molecule has 0 radical (unpaired) electrons. The highest BCUT2D eigenvalue weighted by molar-refractivity contribution is 6.30. The second kappa shape index (κ2) is 9.49. The summed E-state index contributed by atoms with van der Waals surface area (Å²) < 4.78 is 0. The molecule has 1 aromatic heterocycles. The van der Waals surface area contributed by atoms with Crippen molar-refractivity contribution >= 4 is 23.3 Å². The molecule has 7 heteroatoms. The van der Waals surface area contributed by atoms with Crippen molar-refractivity contribution < 1.29 is 4.79 Å². The van der Waals surface area contributed by atoms with Gasteiger partial charge in [-0.25, -0.2) is 9.97 Å². The van der Waals surface area contributed by atoms with Crippen LogP contribution in [0.15, 0.2) is 54.6 Å². The summed E-state index contributed by atoms with van der Waals surface area (Å²) in [7, 11) is 0. The van der Waals surface area contributed by atoms with E-state index in [2.05, 4.69) is 28.9 Å². The maximum Gasteiger partial charge on any atom is 0.254 e. The van der Waals surface area contributed by atoms with Gasteiger partial charge in [-0.15, -0.1) is 0 Å². The molecule has 3 aromatic rings. The molecule has 0 atom stereocenters. The van der Waals surface area contributed by atoms with Crippen molar-refractivity contribution in [3.63, 3.8) is 0 Å². The minimum absolute atomic E-state index is 0.00274. The first-order valence-corrected chi connectivity index (χ1v) is 12.0. The molecule has 170 valence electrons. The molecule has 2 aliphatic rings. The van der Waals surface area contributed by atoms with E-state index in [0.717, 1.165) is 61.2 Å². The molecule has 5 rings (SSSR count). The molecular weight excluding hydrogens is 434 g/mol. The fraction of sp³-hybridized carbons (Fsp3) is 0.346. The van der Waals surface area contributed by atoms with E-state index in [1.165, 1.54) is 0 Å². The van der Waals surface area contributed by atoms with Gasteiger partial charge < -0.3 is 14.7 Å². The van der Waals surface area contributed by atoms with E-state index in [-0.39, 0.29) is 5.91 Å². The minimum atomic E-state index is -0.00274. The highest BCUT2D eigenvalue weighted by atomic mass is 35.5. The molecule has 1 amide bonds. The average Bonchev–Trinajstić information content (AvgIpc) is 2.88. The number of halogens is 1. The van der Waals surface area contributed by atoms with E-state index in [1.807, 2.05) is 35.2 Å². The van der Waals surface area contributed by atoms with Crippen LogP contribution in [0, 0.1) is 0 Å². The van der Waals surface area contributed by atoms with Crippen molar-refractivity contribution in [3.05, 3.63) is 76.4 Å². The fourth-order valence-corrected chi connectivity index (χ4v) is 4.82. The van der Waals surface area contributed by atoms with Crippen LogP contribution in [0.25, 0.3) is 11.4 Å². The van der Waals surface area contributed by atoms with Crippen molar-refractivity contribution in [3.8, 4) is 11.4 Å². The zero-order valence-electron chi connectivity index (χ0n) is 18.9. The second-order valence-electron chi connectivity index (χ2n) is 8.57. The lowest BCUT2D eigenvalue weighted by Crippen LogP contribution is -2.47. The zero-order chi connectivity index (χ0) is 22.8. The van der Waals surface area contributed by atoms with Crippen LogP contribution in [0.2, 0.25) is 5.02 Å². The Hall–Kier alpha value is -2.96. The number of piperazine rings is 1. The molecule has 3 heterocycles. The van der Waals surface area contributed by atoms with Gasteiger partial charge in [0.2, 0.25) is 0 Å². The number of aromatic nitrogens is 2. The number of nitrogens with zero attached hydrogens (tertiary/aromatic N) is 5. The van der Waals surface area contributed by atoms with Gasteiger partial charge in [0.05, 0.1) is 12.2 Å². The molecule has 0 aliphatic carbocycles. The smallest absolute Gasteiger partial charge is 0.254 e. The molecule has 33 heavy (non-hydrogen) atoms. The number of rotatable bonds is 4. The Kier molecular flexibility index (Phi) is 6.29. The third kappa shape index (κ3) is 4.59. The summed E-state index contributed by atoms with van der Waals surface area (Å²) in [5.41, 5.74) is 3.75. The lowest BCUT2D eigenvalue weighted by molar-refractivity contribution is 0.0733. The predicted molar refractivity (Wildman–Crippen MR) is 132 cm³/mol. The Labute approximate surface area is 199 Å². The number of carbonyl (C=O) groups excluding carboxylic acids is 1. The van der Waals surface area contributed by atoms with Crippen molar-refractivity contribution in [2.24, 2.45) is 0 Å². The molecule has 1 fully saturated rings. The molecule has 1 saturated heterocycles. The van der Waals surface area contributed by atoms with Crippen molar-refractivity contribution in [2.45, 2.75) is 19.9 Å². The van der Waals surface area contributed by atoms with E-state index in [0.29, 0.717) is 30.1 Å². The minimum Gasteiger partial charge on any atom is -0.354 e. The Balaban J connectivity index is 1.50. The van der Waals surface area contributed by atoms with Gasteiger partial charge in [0.1, 0.15) is 5.82 Å². The summed E-state index contributed by atoms with van der Waals surface area (Å²) >= 11 is 6.13. The first-order chi connectivity index (χ1) is 16.1. The predicted octanol–water partition coefficient (Wildman–Crippen LogP) is 4.14. The number of likely N-dealkylation sites (N-methyl/N-ethyl adjacent to an activating group) is 1. The van der Waals surface area contributed by atoms with Gasteiger partial charge in [0, 0.05) is 60.9 Å². The van der Waals surface area contributed by atoms with Crippen LogP contribution in [0.4, 0.5) is 5.82 Å². The van der Waals surface area contributed by atoms with Gasteiger partial charge in [-0.1, -0.05) is 54.9 Å². The number of hydrogen-bond donors (Lipinski definition) is 0. The number of amides is 1. The molecule has 2 aromatic carbocycles. The maximum absolute atomic E-state index is 13.2. The lowest BCUT2D eigenvalue weighted by atomic mass is 10.0. The summed E-state index contributed by atoms with van der Waals surface area (Å²) in [6.07, 6.45) is 0.714. The second-order valence-corrected chi connectivity index (χ2v) is 9.01. The Bertz CT molecular complexity index is 1140. The number of fused-ring (bicyclic) bond motifs is 1. The third-order valence-corrected chi connectivity index (χ3v) is 6.78. The molecule has 0 N–H and O–H groups in total. The molecular formula is C26H28ClN5O. The van der Waals surface area contributed by atoms with Crippen molar-refractivity contribution in [2.75, 3.05) is 44.2 Å². The summed E-state index contributed by atoms with van der Waals surface area (Å²) in [6.45, 7) is 8.29. The largest absolute Gasteiger partial charge is 0.354 e. The number of hydrogen-bond acceptors (Lipinski definition) is 5. The van der Waals surface area contributed by atoms with E-state index in [9.17, 15) is 4.79 Å². The Morgan fingerprint density at radius 3 is 2.48 bits per heavy atom. The lowest BCUT2D eigenvalue weighted by Gasteiger charge is -2.38. The first-order valence-electron chi connectivity index (χ1n) is 11.6. The maximum atomic E-state index is 13.2. The fourth-order valence-electron chi connectivity index (χ4n) is 4.63. The van der Waals surface area contributed by atoms with E-state index < -0.39 is 0 Å². The van der Waals surface area contributed by atoms with Crippen LogP contribution >= 0.6 is 11.6 Å². The number of carbonyl (C=O) groups is 1.